The molecule has 5 nitrogen and oxygen atoms in total. The molecule has 128 valence electrons. The van der Waals surface area contributed by atoms with Gasteiger partial charge in [0.15, 0.2) is 0 Å². The number of hydrogen-bond acceptors (Lipinski definition) is 4. The lowest BCUT2D eigenvalue weighted by Gasteiger charge is -2.28. The topological polar surface area (TPSA) is 55.8 Å². The number of carbonyl (C=O) groups excluding carboxylic acids is 2. The number of ether oxygens (including phenoxy) is 2. The molecule has 1 heterocycles. The Morgan fingerprint density at radius 1 is 0.955 bits per heavy atom. The van der Waals surface area contributed by atoms with Gasteiger partial charge in [0.1, 0.15) is 11.2 Å². The van der Waals surface area contributed by atoms with Crippen LogP contribution in [0.15, 0.2) is 0 Å². The summed E-state index contributed by atoms with van der Waals surface area (Å²) in [6, 6.07) is 0. The zero-order chi connectivity index (χ0) is 17.2. The van der Waals surface area contributed by atoms with Gasteiger partial charge in [0.2, 0.25) is 5.67 Å². The van der Waals surface area contributed by atoms with Crippen molar-refractivity contribution in [3.8, 4) is 0 Å². The van der Waals surface area contributed by atoms with E-state index in [1.807, 2.05) is 0 Å². The second kappa shape index (κ2) is 6.42. The standard InChI is InChI=1S/C16H28FNO4/c1-14(2,3)21-12(19)16(17)8-7-10-18(11-9-16)13(20)22-15(4,5)6/h7-11H2,1-6H3/t16-/m1/s1. The zero-order valence-corrected chi connectivity index (χ0v) is 14.5. The van der Waals surface area contributed by atoms with Crippen LogP contribution in [0.25, 0.3) is 0 Å². The van der Waals surface area contributed by atoms with Crippen LogP contribution in [0.2, 0.25) is 0 Å². The molecule has 0 saturated carbocycles. The molecule has 0 unspecified atom stereocenters. The summed E-state index contributed by atoms with van der Waals surface area (Å²) in [4.78, 5) is 25.6. The van der Waals surface area contributed by atoms with Crippen LogP contribution in [-0.4, -0.2) is 46.9 Å². The number of carbonyl (C=O) groups is 2. The van der Waals surface area contributed by atoms with Gasteiger partial charge < -0.3 is 14.4 Å². The van der Waals surface area contributed by atoms with Gasteiger partial charge in [0, 0.05) is 19.5 Å². The highest BCUT2D eigenvalue weighted by atomic mass is 19.1. The SMILES string of the molecule is CC(C)(C)OC(=O)N1CCC[C@](F)(C(=O)OC(C)(C)C)CC1. The number of amides is 1. The Balaban J connectivity index is 2.68. The molecule has 0 N–H and O–H groups in total. The van der Waals surface area contributed by atoms with E-state index in [-0.39, 0.29) is 19.4 Å². The molecule has 0 spiro atoms. The largest absolute Gasteiger partial charge is 0.458 e. The smallest absolute Gasteiger partial charge is 0.410 e. The minimum Gasteiger partial charge on any atom is -0.458 e. The first kappa shape index (κ1) is 18.7. The van der Waals surface area contributed by atoms with Gasteiger partial charge in [-0.3, -0.25) is 0 Å². The Bertz CT molecular complexity index is 425. The summed E-state index contributed by atoms with van der Waals surface area (Å²) in [6.07, 6.45) is -0.0851. The van der Waals surface area contributed by atoms with Gasteiger partial charge in [-0.1, -0.05) is 0 Å². The van der Waals surface area contributed by atoms with Gasteiger partial charge in [0.05, 0.1) is 0 Å². The number of nitrogens with zero attached hydrogens (tertiary/aromatic N) is 1. The van der Waals surface area contributed by atoms with Crippen LogP contribution in [0.3, 0.4) is 0 Å². The number of alkyl halides is 1. The zero-order valence-electron chi connectivity index (χ0n) is 14.5. The minimum atomic E-state index is -2.04. The maximum absolute atomic E-state index is 14.9. The molecule has 1 atom stereocenters. The molecule has 1 rings (SSSR count). The Labute approximate surface area is 132 Å². The van der Waals surface area contributed by atoms with Gasteiger partial charge >= 0.3 is 12.1 Å². The molecule has 22 heavy (non-hydrogen) atoms. The fourth-order valence-electron chi connectivity index (χ4n) is 2.18. The first-order chi connectivity index (χ1) is 9.82. The van der Waals surface area contributed by atoms with Crippen molar-refractivity contribution >= 4 is 12.1 Å². The summed E-state index contributed by atoms with van der Waals surface area (Å²) in [6.45, 7) is 11.0. The number of likely N-dealkylation sites (tertiary alicyclic amines) is 1. The third-order valence-electron chi connectivity index (χ3n) is 3.20. The lowest BCUT2D eigenvalue weighted by atomic mass is 9.97. The van der Waals surface area contributed by atoms with E-state index in [0.29, 0.717) is 13.0 Å². The molecular formula is C16H28FNO4. The van der Waals surface area contributed by atoms with Crippen molar-refractivity contribution in [1.82, 2.24) is 4.90 Å². The van der Waals surface area contributed by atoms with Gasteiger partial charge in [-0.15, -0.1) is 0 Å². The lowest BCUT2D eigenvalue weighted by Crippen LogP contribution is -2.42. The Hall–Kier alpha value is -1.33. The summed E-state index contributed by atoms with van der Waals surface area (Å²) in [7, 11) is 0. The summed E-state index contributed by atoms with van der Waals surface area (Å²) in [5, 5.41) is 0. The highest BCUT2D eigenvalue weighted by Crippen LogP contribution is 2.30. The maximum atomic E-state index is 14.9. The molecule has 1 amide bonds. The lowest BCUT2D eigenvalue weighted by molar-refractivity contribution is -0.170. The number of halogens is 1. The monoisotopic (exact) mass is 317 g/mol. The van der Waals surface area contributed by atoms with Crippen molar-refractivity contribution in [2.24, 2.45) is 0 Å². The first-order valence-corrected chi connectivity index (χ1v) is 7.73. The van der Waals surface area contributed by atoms with Gasteiger partial charge in [-0.05, 0) is 54.4 Å². The summed E-state index contributed by atoms with van der Waals surface area (Å²) < 4.78 is 25.3. The van der Waals surface area contributed by atoms with Crippen molar-refractivity contribution in [3.63, 3.8) is 0 Å². The van der Waals surface area contributed by atoms with Crippen LogP contribution in [-0.2, 0) is 14.3 Å². The van der Waals surface area contributed by atoms with E-state index in [4.69, 9.17) is 9.47 Å². The molecule has 1 aliphatic heterocycles. The Morgan fingerprint density at radius 2 is 1.50 bits per heavy atom. The molecule has 0 bridgehead atoms. The van der Waals surface area contributed by atoms with E-state index in [1.165, 1.54) is 4.90 Å². The van der Waals surface area contributed by atoms with Crippen molar-refractivity contribution in [3.05, 3.63) is 0 Å². The van der Waals surface area contributed by atoms with E-state index in [2.05, 4.69) is 0 Å². The summed E-state index contributed by atoms with van der Waals surface area (Å²) in [5.74, 6) is -0.842. The van der Waals surface area contributed by atoms with Crippen LogP contribution >= 0.6 is 0 Å². The van der Waals surface area contributed by atoms with E-state index < -0.39 is 28.9 Å². The van der Waals surface area contributed by atoms with E-state index >= 15 is 0 Å². The molecule has 0 radical (unpaired) electrons. The van der Waals surface area contributed by atoms with Crippen molar-refractivity contribution in [2.45, 2.75) is 77.7 Å². The van der Waals surface area contributed by atoms with Crippen LogP contribution in [0, 0.1) is 0 Å². The highest BCUT2D eigenvalue weighted by molar-refractivity contribution is 5.80. The average molecular weight is 317 g/mol. The van der Waals surface area contributed by atoms with E-state index in [9.17, 15) is 14.0 Å². The second-order valence-electron chi connectivity index (χ2n) is 7.79. The minimum absolute atomic E-state index is 0.0568. The third kappa shape index (κ3) is 5.81. The fraction of sp³-hybridized carbons (Fsp3) is 0.875. The van der Waals surface area contributed by atoms with Gasteiger partial charge in [-0.2, -0.15) is 0 Å². The normalized spacial score (nSPS) is 23.7. The molecular weight excluding hydrogens is 289 g/mol. The molecule has 6 heteroatoms. The molecule has 0 aromatic heterocycles. The Kier molecular flexibility index (Phi) is 5.47. The molecule has 0 aromatic carbocycles. The van der Waals surface area contributed by atoms with Crippen LogP contribution in [0.1, 0.15) is 60.8 Å². The Morgan fingerprint density at radius 3 is 2.00 bits per heavy atom. The van der Waals surface area contributed by atoms with Crippen molar-refractivity contribution in [2.75, 3.05) is 13.1 Å². The molecule has 1 fully saturated rings. The predicted octanol–water partition coefficient (Wildman–Crippen LogP) is 3.46. The van der Waals surface area contributed by atoms with Crippen molar-refractivity contribution < 1.29 is 23.5 Å². The highest BCUT2D eigenvalue weighted by Gasteiger charge is 2.44. The van der Waals surface area contributed by atoms with Crippen molar-refractivity contribution in [1.29, 1.82) is 0 Å². The third-order valence-corrected chi connectivity index (χ3v) is 3.20. The maximum Gasteiger partial charge on any atom is 0.410 e. The van der Waals surface area contributed by atoms with Crippen LogP contribution in [0.4, 0.5) is 9.18 Å². The predicted molar refractivity (Wildman–Crippen MR) is 81.3 cm³/mol. The number of esters is 1. The van der Waals surface area contributed by atoms with Crippen LogP contribution < -0.4 is 0 Å². The number of rotatable bonds is 1. The molecule has 1 saturated heterocycles. The summed E-state index contributed by atoms with van der Waals surface area (Å²) in [5.41, 5.74) is -3.36. The second-order valence-corrected chi connectivity index (χ2v) is 7.79. The fourth-order valence-corrected chi connectivity index (χ4v) is 2.18. The van der Waals surface area contributed by atoms with Gasteiger partial charge in [-0.25, -0.2) is 14.0 Å². The number of hydrogen-bond donors (Lipinski definition) is 0. The van der Waals surface area contributed by atoms with E-state index in [1.54, 1.807) is 41.5 Å². The van der Waals surface area contributed by atoms with E-state index in [0.717, 1.165) is 0 Å². The molecule has 0 aliphatic carbocycles. The average Bonchev–Trinajstić information content (AvgIpc) is 2.48. The van der Waals surface area contributed by atoms with Crippen LogP contribution in [0.5, 0.6) is 0 Å². The quantitative estimate of drug-likeness (QED) is 0.695. The van der Waals surface area contributed by atoms with Gasteiger partial charge in [0.25, 0.3) is 0 Å². The summed E-state index contributed by atoms with van der Waals surface area (Å²) >= 11 is 0. The first-order valence-electron chi connectivity index (χ1n) is 7.73. The molecule has 1 aliphatic rings. The molecule has 0 aromatic rings.